The minimum Gasteiger partial charge on any atom is -0.506 e. The van der Waals surface area contributed by atoms with Crippen LogP contribution in [0.15, 0.2) is 57.4 Å². The van der Waals surface area contributed by atoms with Gasteiger partial charge in [-0.1, -0.05) is 6.58 Å². The van der Waals surface area contributed by atoms with E-state index in [4.69, 9.17) is 0 Å². The highest BCUT2D eigenvalue weighted by molar-refractivity contribution is 9.10. The molecule has 3 aliphatic heterocycles. The smallest absolute Gasteiger partial charge is 0.416 e. The Balaban J connectivity index is 1.46. The standard InChI is InChI=1S/C27H22BrF3N6O3/c1-2-22(39)35-9-7-17-23-19(37(34-17)18-6-3-14(11-21(18)38)27(29,30)31)8-10-36(20(23)12-35)26(40)15-4-5-16(28)25-24(15)32-13-33-25/h2-6,11,20,38H,1,7-10,12-13H2. The third kappa shape index (κ3) is 4.19. The number of aromatic hydroxyl groups is 1. The molecular weight excluding hydrogens is 593 g/mol. The maximum absolute atomic E-state index is 14.0. The molecule has 40 heavy (non-hydrogen) atoms. The Morgan fingerprint density at radius 1 is 1.10 bits per heavy atom. The summed E-state index contributed by atoms with van der Waals surface area (Å²) in [6.45, 7) is 4.57. The number of halogens is 4. The van der Waals surface area contributed by atoms with Gasteiger partial charge in [0, 0.05) is 42.5 Å². The van der Waals surface area contributed by atoms with Gasteiger partial charge < -0.3 is 14.9 Å². The summed E-state index contributed by atoms with van der Waals surface area (Å²) < 4.78 is 41.8. The second-order valence-corrected chi connectivity index (χ2v) is 10.5. The van der Waals surface area contributed by atoms with E-state index in [0.717, 1.165) is 16.1 Å². The maximum atomic E-state index is 14.0. The normalized spacial score (nSPS) is 17.9. The molecule has 1 atom stereocenters. The van der Waals surface area contributed by atoms with Crippen molar-refractivity contribution >= 4 is 27.7 Å². The van der Waals surface area contributed by atoms with Gasteiger partial charge in [-0.05, 0) is 52.3 Å². The Kier molecular flexibility index (Phi) is 6.28. The van der Waals surface area contributed by atoms with Crippen molar-refractivity contribution < 1.29 is 27.9 Å². The molecule has 6 rings (SSSR count). The summed E-state index contributed by atoms with van der Waals surface area (Å²) >= 11 is 3.45. The van der Waals surface area contributed by atoms with E-state index in [9.17, 15) is 27.9 Å². The molecule has 1 unspecified atom stereocenters. The Bertz CT molecular complexity index is 1720. The SMILES string of the molecule is C=CC(=O)N1CCc2nn(-c3ccc(C(F)(F)F)cc3O)c3c2C(C1)N(C(=O)c1ccc(Br)c2c1=NCN=2)CC3. The average Bonchev–Trinajstić information content (AvgIpc) is 3.51. The first-order valence-corrected chi connectivity index (χ1v) is 13.3. The van der Waals surface area contributed by atoms with E-state index >= 15 is 0 Å². The fraction of sp³-hybridized carbons (Fsp3) is 0.296. The number of aromatic nitrogens is 2. The molecule has 2 aromatic carbocycles. The lowest BCUT2D eigenvalue weighted by Gasteiger charge is -2.37. The lowest BCUT2D eigenvalue weighted by atomic mass is 9.94. The zero-order valence-corrected chi connectivity index (χ0v) is 22.5. The highest BCUT2D eigenvalue weighted by atomic mass is 79.9. The fourth-order valence-corrected chi connectivity index (χ4v) is 6.06. The van der Waals surface area contributed by atoms with Crippen LogP contribution in [0.1, 0.15) is 38.9 Å². The predicted octanol–water partition coefficient (Wildman–Crippen LogP) is 2.88. The van der Waals surface area contributed by atoms with Crippen LogP contribution in [0.5, 0.6) is 5.75 Å². The van der Waals surface area contributed by atoms with Crippen LogP contribution in [-0.2, 0) is 23.8 Å². The molecule has 3 aromatic rings. The van der Waals surface area contributed by atoms with Gasteiger partial charge in [0.15, 0.2) is 0 Å². The van der Waals surface area contributed by atoms with Gasteiger partial charge >= 0.3 is 6.18 Å². The van der Waals surface area contributed by atoms with Gasteiger partial charge in [0.1, 0.15) is 18.1 Å². The molecule has 0 radical (unpaired) electrons. The quantitative estimate of drug-likeness (QED) is 0.458. The molecule has 206 valence electrons. The number of carbonyl (C=O) groups is 2. The van der Waals surface area contributed by atoms with Crippen molar-refractivity contribution in [2.75, 3.05) is 26.3 Å². The highest BCUT2D eigenvalue weighted by Crippen LogP contribution is 2.40. The molecule has 1 N–H and O–H groups in total. The Morgan fingerprint density at radius 3 is 2.60 bits per heavy atom. The molecule has 3 aliphatic rings. The van der Waals surface area contributed by atoms with Gasteiger partial charge in [-0.25, -0.2) is 4.68 Å². The van der Waals surface area contributed by atoms with Crippen LogP contribution in [-0.4, -0.2) is 62.8 Å². The molecule has 2 amide bonds. The lowest BCUT2D eigenvalue weighted by Crippen LogP contribution is -2.47. The van der Waals surface area contributed by atoms with Crippen molar-refractivity contribution in [3.63, 3.8) is 0 Å². The van der Waals surface area contributed by atoms with Crippen molar-refractivity contribution in [3.05, 3.63) is 86.3 Å². The zero-order valence-electron chi connectivity index (χ0n) is 21.0. The number of rotatable bonds is 3. The number of phenols is 1. The van der Waals surface area contributed by atoms with Crippen LogP contribution in [0.4, 0.5) is 13.2 Å². The first-order valence-electron chi connectivity index (χ1n) is 12.5. The monoisotopic (exact) mass is 614 g/mol. The van der Waals surface area contributed by atoms with Crippen LogP contribution in [0, 0.1) is 0 Å². The van der Waals surface area contributed by atoms with E-state index in [-0.39, 0.29) is 37.3 Å². The Hall–Kier alpha value is -4.00. The second-order valence-electron chi connectivity index (χ2n) is 9.67. The van der Waals surface area contributed by atoms with Crippen molar-refractivity contribution in [2.24, 2.45) is 9.98 Å². The number of hydrogen-bond acceptors (Lipinski definition) is 6. The van der Waals surface area contributed by atoms with Crippen LogP contribution >= 0.6 is 15.9 Å². The van der Waals surface area contributed by atoms with Gasteiger partial charge in [0.25, 0.3) is 5.91 Å². The molecular formula is C27H22BrF3N6O3. The molecule has 4 heterocycles. The van der Waals surface area contributed by atoms with E-state index in [1.165, 1.54) is 16.8 Å². The van der Waals surface area contributed by atoms with Crippen LogP contribution in [0.2, 0.25) is 0 Å². The zero-order chi connectivity index (χ0) is 28.3. The number of carbonyl (C=O) groups excluding carboxylic acids is 2. The molecule has 0 saturated carbocycles. The summed E-state index contributed by atoms with van der Waals surface area (Å²) in [5, 5.41) is 16.4. The third-order valence-corrected chi connectivity index (χ3v) is 8.12. The average molecular weight is 615 g/mol. The van der Waals surface area contributed by atoms with Crippen molar-refractivity contribution in [1.82, 2.24) is 19.6 Å². The Morgan fingerprint density at radius 2 is 1.88 bits per heavy atom. The van der Waals surface area contributed by atoms with Crippen molar-refractivity contribution in [2.45, 2.75) is 25.1 Å². The topological polar surface area (TPSA) is 103 Å². The van der Waals surface area contributed by atoms with Crippen molar-refractivity contribution in [3.8, 4) is 11.4 Å². The molecule has 1 aromatic heterocycles. The van der Waals surface area contributed by atoms with E-state index < -0.39 is 23.5 Å². The summed E-state index contributed by atoms with van der Waals surface area (Å²) in [5.41, 5.74) is 1.55. The maximum Gasteiger partial charge on any atom is 0.416 e. The molecule has 0 spiro atoms. The third-order valence-electron chi connectivity index (χ3n) is 7.48. The summed E-state index contributed by atoms with van der Waals surface area (Å²) in [7, 11) is 0. The molecule has 9 nitrogen and oxygen atoms in total. The van der Waals surface area contributed by atoms with Crippen LogP contribution < -0.4 is 10.7 Å². The van der Waals surface area contributed by atoms with Gasteiger partial charge in [0.2, 0.25) is 5.91 Å². The molecule has 0 fully saturated rings. The van der Waals surface area contributed by atoms with Gasteiger partial charge in [-0.2, -0.15) is 18.3 Å². The fourth-order valence-electron chi connectivity index (χ4n) is 5.61. The van der Waals surface area contributed by atoms with E-state index in [0.29, 0.717) is 53.1 Å². The summed E-state index contributed by atoms with van der Waals surface area (Å²) in [4.78, 5) is 38.8. The number of alkyl halides is 3. The minimum atomic E-state index is -4.61. The summed E-state index contributed by atoms with van der Waals surface area (Å²) in [6.07, 6.45) is -2.69. The number of nitrogens with zero attached hydrogens (tertiary/aromatic N) is 6. The molecule has 13 heteroatoms. The molecule has 0 saturated heterocycles. The van der Waals surface area contributed by atoms with Gasteiger partial charge in [-0.15, -0.1) is 0 Å². The first kappa shape index (κ1) is 26.2. The number of benzene rings is 2. The number of phenolic OH excluding ortho intramolecular Hbond substituents is 1. The van der Waals surface area contributed by atoms with E-state index in [1.807, 2.05) is 0 Å². The number of amides is 2. The number of hydrogen-bond donors (Lipinski definition) is 1. The minimum absolute atomic E-state index is 0.111. The molecule has 0 aliphatic carbocycles. The summed E-state index contributed by atoms with van der Waals surface area (Å²) in [6, 6.07) is 5.64. The Labute approximate surface area is 234 Å². The number of fused-ring (bicyclic) bond motifs is 1. The van der Waals surface area contributed by atoms with E-state index in [1.54, 1.807) is 21.9 Å². The van der Waals surface area contributed by atoms with Gasteiger partial charge in [-0.3, -0.25) is 19.6 Å². The highest BCUT2D eigenvalue weighted by Gasteiger charge is 2.41. The first-order chi connectivity index (χ1) is 19.1. The van der Waals surface area contributed by atoms with Crippen molar-refractivity contribution in [1.29, 1.82) is 0 Å². The molecule has 0 bridgehead atoms. The second kappa shape index (κ2) is 9.58. The predicted molar refractivity (Wildman–Crippen MR) is 140 cm³/mol. The van der Waals surface area contributed by atoms with Gasteiger partial charge in [0.05, 0.1) is 39.3 Å². The van der Waals surface area contributed by atoms with E-state index in [2.05, 4.69) is 37.6 Å². The van der Waals surface area contributed by atoms with Crippen LogP contribution in [0.3, 0.4) is 0 Å². The van der Waals surface area contributed by atoms with Crippen LogP contribution in [0.25, 0.3) is 5.69 Å². The largest absolute Gasteiger partial charge is 0.506 e. The summed E-state index contributed by atoms with van der Waals surface area (Å²) in [5.74, 6) is -1.11. The lowest BCUT2D eigenvalue weighted by molar-refractivity contribution is -0.137.